The van der Waals surface area contributed by atoms with Crippen molar-refractivity contribution in [1.82, 2.24) is 5.43 Å². The van der Waals surface area contributed by atoms with E-state index in [2.05, 4.69) is 12.3 Å². The summed E-state index contributed by atoms with van der Waals surface area (Å²) in [7, 11) is -2.69. The Hall–Kier alpha value is -0.880. The highest BCUT2D eigenvalue weighted by Crippen LogP contribution is 2.13. The zero-order valence-electron chi connectivity index (χ0n) is 16.7. The lowest BCUT2D eigenvalue weighted by atomic mass is 9.99. The molecule has 0 aliphatic heterocycles. The molecule has 27 heavy (non-hydrogen) atoms. The van der Waals surface area contributed by atoms with Crippen LogP contribution in [0.5, 0.6) is 0 Å². The molecule has 0 aliphatic rings. The van der Waals surface area contributed by atoms with E-state index in [1.165, 1.54) is 32.1 Å². The average molecular weight is 404 g/mol. The Morgan fingerprint density at radius 1 is 0.963 bits per heavy atom. The van der Waals surface area contributed by atoms with E-state index in [9.17, 15) is 23.8 Å². The van der Waals surface area contributed by atoms with E-state index in [1.807, 2.05) is 0 Å². The fourth-order valence-electron chi connectivity index (χ4n) is 3.05. The number of carbonyl (C=O) groups is 2. The molecule has 0 amide bonds. The highest BCUT2D eigenvalue weighted by Gasteiger charge is 2.18. The molecule has 0 aromatic rings. The Bertz CT molecular complexity index is 475. The molecule has 7 nitrogen and oxygen atoms in total. The molecule has 0 saturated heterocycles. The number of hydrogen-bond acceptors (Lipinski definition) is 7. The summed E-state index contributed by atoms with van der Waals surface area (Å²) in [5.41, 5.74) is 2.53. The van der Waals surface area contributed by atoms with Crippen molar-refractivity contribution in [3.63, 3.8) is 0 Å². The SMILES string of the molecule is CCCCCCCCCCC(=O)C(CCCC(=O)CC(O)CP(=O)=O)NN. The van der Waals surface area contributed by atoms with Crippen molar-refractivity contribution in [3.8, 4) is 0 Å². The summed E-state index contributed by atoms with van der Waals surface area (Å²) in [4.78, 5) is 23.9. The van der Waals surface area contributed by atoms with Crippen LogP contribution in [0.25, 0.3) is 0 Å². The molecule has 4 N–H and O–H groups in total. The van der Waals surface area contributed by atoms with Crippen molar-refractivity contribution in [1.29, 1.82) is 0 Å². The monoisotopic (exact) mass is 404 g/mol. The van der Waals surface area contributed by atoms with Crippen molar-refractivity contribution >= 4 is 19.2 Å². The molecule has 8 heteroatoms. The highest BCUT2D eigenvalue weighted by atomic mass is 31.1. The molecule has 2 atom stereocenters. The van der Waals surface area contributed by atoms with E-state index in [4.69, 9.17) is 5.84 Å². The Labute approximate surface area is 163 Å². The summed E-state index contributed by atoms with van der Waals surface area (Å²) in [6.07, 6.45) is 9.31. The smallest absolute Gasteiger partial charge is 0.318 e. The topological polar surface area (TPSA) is 127 Å². The van der Waals surface area contributed by atoms with Crippen LogP contribution in [0, 0.1) is 0 Å². The third-order valence-electron chi connectivity index (χ3n) is 4.64. The van der Waals surface area contributed by atoms with E-state index >= 15 is 0 Å². The molecule has 0 aromatic heterocycles. The normalized spacial score (nSPS) is 13.3. The average Bonchev–Trinajstić information content (AvgIpc) is 2.60. The minimum Gasteiger partial charge on any atom is -0.392 e. The first-order chi connectivity index (χ1) is 12.9. The number of aliphatic hydroxyl groups is 1. The third kappa shape index (κ3) is 15.8. The molecular formula is C19H37N2O5P. The summed E-state index contributed by atoms with van der Waals surface area (Å²) in [5, 5.41) is 9.44. The number of unbranched alkanes of at least 4 members (excludes halogenated alkanes) is 7. The number of ketones is 2. The van der Waals surface area contributed by atoms with Gasteiger partial charge in [-0.25, -0.2) is 14.6 Å². The molecule has 0 fully saturated rings. The maximum Gasteiger partial charge on any atom is 0.318 e. The summed E-state index contributed by atoms with van der Waals surface area (Å²) in [6, 6.07) is -0.455. The van der Waals surface area contributed by atoms with Crippen molar-refractivity contribution in [2.75, 3.05) is 6.16 Å². The largest absolute Gasteiger partial charge is 0.392 e. The molecule has 0 aromatic carbocycles. The van der Waals surface area contributed by atoms with Gasteiger partial charge in [0.25, 0.3) is 0 Å². The number of carbonyl (C=O) groups excluding carboxylic acids is 2. The molecule has 158 valence electrons. The number of aliphatic hydroxyl groups excluding tert-OH is 1. The first-order valence-electron chi connectivity index (χ1n) is 10.2. The predicted octanol–water partition coefficient (Wildman–Crippen LogP) is 3.58. The van der Waals surface area contributed by atoms with Gasteiger partial charge in [0.15, 0.2) is 5.78 Å². The Kier molecular flexibility index (Phi) is 16.7. The van der Waals surface area contributed by atoms with E-state index < -0.39 is 26.0 Å². The van der Waals surface area contributed by atoms with Crippen LogP contribution in [0.2, 0.25) is 0 Å². The highest BCUT2D eigenvalue weighted by molar-refractivity contribution is 7.30. The Morgan fingerprint density at radius 2 is 1.56 bits per heavy atom. The van der Waals surface area contributed by atoms with Crippen LogP contribution in [-0.2, 0) is 18.7 Å². The zero-order valence-corrected chi connectivity index (χ0v) is 17.6. The molecule has 2 unspecified atom stereocenters. The van der Waals surface area contributed by atoms with Crippen LogP contribution < -0.4 is 11.3 Å². The fraction of sp³-hybridized carbons (Fsp3) is 0.895. The van der Waals surface area contributed by atoms with Gasteiger partial charge in [0, 0.05) is 19.3 Å². The van der Waals surface area contributed by atoms with Crippen LogP contribution >= 0.6 is 7.68 Å². The molecular weight excluding hydrogens is 367 g/mol. The Morgan fingerprint density at radius 3 is 2.11 bits per heavy atom. The Balaban J connectivity index is 3.85. The molecule has 0 spiro atoms. The van der Waals surface area contributed by atoms with Crippen LogP contribution in [0.15, 0.2) is 0 Å². The second-order valence-corrected chi connectivity index (χ2v) is 8.25. The number of rotatable bonds is 19. The molecule has 0 radical (unpaired) electrons. The first kappa shape index (κ1) is 26.1. The quantitative estimate of drug-likeness (QED) is 0.130. The van der Waals surface area contributed by atoms with E-state index in [0.29, 0.717) is 19.3 Å². The molecule has 0 rings (SSSR count). The van der Waals surface area contributed by atoms with Gasteiger partial charge in [-0.2, -0.15) is 0 Å². The van der Waals surface area contributed by atoms with Gasteiger partial charge in [-0.15, -0.1) is 0 Å². The lowest BCUT2D eigenvalue weighted by Crippen LogP contribution is -2.41. The van der Waals surface area contributed by atoms with Crippen molar-refractivity contribution in [2.45, 2.75) is 103 Å². The standard InChI is InChI=1S/C19H37N2O5P/c1-2-3-4-5-6-7-8-9-13-19(24)18(21-20)12-10-11-16(22)14-17(23)15-27(25)26/h17-18,21,23H,2-15,20H2,1H3. The molecule has 0 heterocycles. The van der Waals surface area contributed by atoms with Gasteiger partial charge in [-0.3, -0.25) is 15.4 Å². The van der Waals surface area contributed by atoms with Gasteiger partial charge in [0.2, 0.25) is 0 Å². The van der Waals surface area contributed by atoms with E-state index in [0.717, 1.165) is 19.3 Å². The van der Waals surface area contributed by atoms with E-state index in [-0.39, 0.29) is 24.4 Å². The van der Waals surface area contributed by atoms with Gasteiger partial charge < -0.3 is 5.11 Å². The number of hydrogen-bond donors (Lipinski definition) is 3. The van der Waals surface area contributed by atoms with Crippen LogP contribution in [0.1, 0.15) is 90.4 Å². The number of hydrazine groups is 1. The van der Waals surface area contributed by atoms with Gasteiger partial charge in [-0.05, 0) is 19.3 Å². The third-order valence-corrected chi connectivity index (χ3v) is 5.36. The molecule has 0 aliphatic carbocycles. The zero-order chi connectivity index (χ0) is 20.5. The minimum absolute atomic E-state index is 0.0688. The maximum absolute atomic E-state index is 12.2. The molecule has 0 bridgehead atoms. The second kappa shape index (κ2) is 17.2. The van der Waals surface area contributed by atoms with Crippen molar-refractivity contribution < 1.29 is 23.8 Å². The summed E-state index contributed by atoms with van der Waals surface area (Å²) in [5.74, 6) is 5.33. The number of nitrogens with two attached hydrogens (primary N) is 1. The van der Waals surface area contributed by atoms with Crippen LogP contribution in [0.3, 0.4) is 0 Å². The van der Waals surface area contributed by atoms with Crippen molar-refractivity contribution in [3.05, 3.63) is 0 Å². The number of nitrogens with one attached hydrogen (secondary N) is 1. The summed E-state index contributed by atoms with van der Waals surface area (Å²) < 4.78 is 21.0. The van der Waals surface area contributed by atoms with Crippen LogP contribution in [-0.4, -0.2) is 35.0 Å². The summed E-state index contributed by atoms with van der Waals surface area (Å²) >= 11 is 0. The summed E-state index contributed by atoms with van der Waals surface area (Å²) in [6.45, 7) is 2.20. The lowest BCUT2D eigenvalue weighted by molar-refractivity contribution is -0.123. The van der Waals surface area contributed by atoms with Crippen LogP contribution in [0.4, 0.5) is 0 Å². The van der Waals surface area contributed by atoms with Crippen molar-refractivity contribution in [2.24, 2.45) is 5.84 Å². The van der Waals surface area contributed by atoms with Gasteiger partial charge >= 0.3 is 7.68 Å². The van der Waals surface area contributed by atoms with Gasteiger partial charge in [0.05, 0.1) is 18.3 Å². The molecule has 0 saturated carbocycles. The predicted molar refractivity (Wildman–Crippen MR) is 106 cm³/mol. The van der Waals surface area contributed by atoms with Gasteiger partial charge in [-0.1, -0.05) is 51.9 Å². The van der Waals surface area contributed by atoms with Gasteiger partial charge in [0.1, 0.15) is 5.78 Å². The van der Waals surface area contributed by atoms with E-state index in [1.54, 1.807) is 0 Å². The number of Topliss-reactive ketones (excluding diaryl/α,β-unsaturated/α-hetero) is 2. The second-order valence-electron chi connectivity index (χ2n) is 7.21. The first-order valence-corrected chi connectivity index (χ1v) is 11.6. The lowest BCUT2D eigenvalue weighted by Gasteiger charge is -2.14. The maximum atomic E-state index is 12.2. The fourth-order valence-corrected chi connectivity index (χ4v) is 3.52. The minimum atomic E-state index is -2.69.